The molecule has 1 aromatic rings. The van der Waals surface area contributed by atoms with Crippen molar-refractivity contribution in [2.75, 3.05) is 5.84 Å². The van der Waals surface area contributed by atoms with Gasteiger partial charge >= 0.3 is 11.1 Å². The molecule has 0 saturated carbocycles. The van der Waals surface area contributed by atoms with Crippen molar-refractivity contribution in [3.8, 4) is 0 Å². The fourth-order valence-electron chi connectivity index (χ4n) is 0.146. The van der Waals surface area contributed by atoms with Gasteiger partial charge in [-0.15, -0.1) is 0 Å². The van der Waals surface area contributed by atoms with Crippen LogP contribution in [0.2, 0.25) is 0 Å². The zero-order valence-corrected chi connectivity index (χ0v) is 2.84. The molecule has 0 unspecified atom stereocenters. The quantitative estimate of drug-likeness (QED) is 0.288. The molecular formula is C2H2N2O2. The van der Waals surface area contributed by atoms with Crippen molar-refractivity contribution in [3.63, 3.8) is 0 Å². The molecule has 32 valence electrons. The van der Waals surface area contributed by atoms with Gasteiger partial charge in [-0.1, -0.05) is 0 Å². The lowest BCUT2D eigenvalue weighted by Crippen LogP contribution is -2.04. The molecule has 0 radical (unpaired) electrons. The molecule has 0 aliphatic heterocycles. The largest absolute Gasteiger partial charge is 0.339 e. The summed E-state index contributed by atoms with van der Waals surface area (Å²) < 4.78 is 0.556. The third-order valence-corrected chi connectivity index (χ3v) is 0.571. The molecule has 0 aliphatic carbocycles. The summed E-state index contributed by atoms with van der Waals surface area (Å²) in [6.07, 6.45) is 0. The van der Waals surface area contributed by atoms with E-state index in [2.05, 4.69) is 5.84 Å². The summed E-state index contributed by atoms with van der Waals surface area (Å²) in [6.45, 7) is 0. The predicted octanol–water partition coefficient (Wildman–Crippen LogP) is -2.20. The molecule has 6 heavy (non-hydrogen) atoms. The zero-order chi connectivity index (χ0) is 4.73. The lowest BCUT2D eigenvalue weighted by Gasteiger charge is -1.56. The molecule has 0 fully saturated rings. The number of hydrogen-bond donors (Lipinski definition) is 1. The molecule has 1 heterocycles. The normalized spacial score (nSPS) is 10.0. The van der Waals surface area contributed by atoms with E-state index in [0.29, 0.717) is 4.68 Å². The van der Waals surface area contributed by atoms with Crippen LogP contribution in [0.5, 0.6) is 0 Å². The van der Waals surface area contributed by atoms with Crippen molar-refractivity contribution in [3.05, 3.63) is 20.7 Å². The standard InChI is InChI=1S/C2H2N2O2/c3-4-1(5)2(4)6/h3H2. The highest BCUT2D eigenvalue weighted by atomic mass is 16.2. The van der Waals surface area contributed by atoms with E-state index in [4.69, 9.17) is 0 Å². The molecule has 0 bridgehead atoms. The minimum Gasteiger partial charge on any atom is -0.333 e. The van der Waals surface area contributed by atoms with Crippen molar-refractivity contribution in [1.29, 1.82) is 0 Å². The van der Waals surface area contributed by atoms with Crippen LogP contribution >= 0.6 is 0 Å². The second-order valence-electron chi connectivity index (χ2n) is 0.980. The number of rotatable bonds is 0. The minimum atomic E-state index is -0.602. The molecule has 4 nitrogen and oxygen atoms in total. The van der Waals surface area contributed by atoms with Crippen LogP contribution in [0.15, 0.2) is 9.59 Å². The van der Waals surface area contributed by atoms with Gasteiger partial charge in [0, 0.05) is 0 Å². The average Bonchev–Trinajstić information content (AvgIpc) is 1.94. The van der Waals surface area contributed by atoms with Crippen LogP contribution in [0.3, 0.4) is 0 Å². The number of aromatic nitrogens is 1. The first kappa shape index (κ1) is 3.14. The van der Waals surface area contributed by atoms with E-state index in [-0.39, 0.29) is 0 Å². The second kappa shape index (κ2) is 0.540. The molecule has 0 amide bonds. The van der Waals surface area contributed by atoms with E-state index in [1.54, 1.807) is 0 Å². The maximum atomic E-state index is 9.67. The lowest BCUT2D eigenvalue weighted by atomic mass is 11.1. The van der Waals surface area contributed by atoms with Gasteiger partial charge in [0.25, 0.3) is 0 Å². The topological polar surface area (TPSA) is 65.1 Å². The van der Waals surface area contributed by atoms with Crippen LogP contribution in [0.1, 0.15) is 0 Å². The van der Waals surface area contributed by atoms with Crippen molar-refractivity contribution in [2.45, 2.75) is 0 Å². The third kappa shape index (κ3) is 0.138. The van der Waals surface area contributed by atoms with Gasteiger partial charge in [-0.2, -0.15) is 4.68 Å². The van der Waals surface area contributed by atoms with Gasteiger partial charge in [0.15, 0.2) is 0 Å². The Morgan fingerprint density at radius 2 is 1.50 bits per heavy atom. The molecule has 0 spiro atoms. The third-order valence-electron chi connectivity index (χ3n) is 0.571. The Kier molecular flexibility index (Phi) is 0.283. The summed E-state index contributed by atoms with van der Waals surface area (Å²) >= 11 is 0. The molecular weight excluding hydrogens is 84.0 g/mol. The summed E-state index contributed by atoms with van der Waals surface area (Å²) in [4.78, 5) is 19.3. The highest BCUT2D eigenvalue weighted by molar-refractivity contribution is 4.86. The maximum Gasteiger partial charge on any atom is 0.339 e. The Morgan fingerprint density at radius 3 is 1.50 bits per heavy atom. The first-order valence-electron chi connectivity index (χ1n) is 1.36. The van der Waals surface area contributed by atoms with Gasteiger partial charge in [-0.25, -0.2) is 0 Å². The highest BCUT2D eigenvalue weighted by Gasteiger charge is 2.09. The van der Waals surface area contributed by atoms with Crippen LogP contribution in [-0.2, 0) is 0 Å². The second-order valence-corrected chi connectivity index (χ2v) is 0.980. The fraction of sp³-hybridized carbons (Fsp3) is 0. The Hall–Kier alpha value is -1.06. The Balaban J connectivity index is 3.48. The first-order chi connectivity index (χ1) is 2.73. The smallest absolute Gasteiger partial charge is 0.333 e. The Bertz CT molecular complexity index is 191. The monoisotopic (exact) mass is 86.0 g/mol. The fourth-order valence-corrected chi connectivity index (χ4v) is 0.146. The first-order valence-corrected chi connectivity index (χ1v) is 1.36. The summed E-state index contributed by atoms with van der Waals surface area (Å²) in [5.74, 6) is 4.64. The van der Waals surface area contributed by atoms with Crippen LogP contribution in [0.4, 0.5) is 0 Å². The molecule has 0 aromatic carbocycles. The van der Waals surface area contributed by atoms with E-state index in [9.17, 15) is 9.59 Å². The Labute approximate surface area is 32.5 Å². The summed E-state index contributed by atoms with van der Waals surface area (Å²) in [7, 11) is 0. The zero-order valence-electron chi connectivity index (χ0n) is 2.84. The van der Waals surface area contributed by atoms with Gasteiger partial charge in [0.2, 0.25) is 0 Å². The molecule has 1 rings (SSSR count). The number of nitrogen functional groups attached to an aromatic ring is 1. The summed E-state index contributed by atoms with van der Waals surface area (Å²) in [5, 5.41) is 0. The molecule has 0 atom stereocenters. The maximum absolute atomic E-state index is 9.67. The van der Waals surface area contributed by atoms with Crippen LogP contribution in [-0.4, -0.2) is 4.68 Å². The van der Waals surface area contributed by atoms with Crippen LogP contribution in [0, 0.1) is 0 Å². The van der Waals surface area contributed by atoms with Crippen molar-refractivity contribution in [2.24, 2.45) is 0 Å². The molecule has 4 heteroatoms. The van der Waals surface area contributed by atoms with Gasteiger partial charge in [-0.3, -0.25) is 9.59 Å². The van der Waals surface area contributed by atoms with Crippen LogP contribution in [0.25, 0.3) is 0 Å². The molecule has 2 N–H and O–H groups in total. The lowest BCUT2D eigenvalue weighted by molar-refractivity contribution is 1.11. The van der Waals surface area contributed by atoms with E-state index < -0.39 is 11.1 Å². The van der Waals surface area contributed by atoms with E-state index in [1.807, 2.05) is 0 Å². The summed E-state index contributed by atoms with van der Waals surface area (Å²) in [5.41, 5.74) is -1.20. The minimum absolute atomic E-state index is 0.556. The van der Waals surface area contributed by atoms with Gasteiger partial charge in [0.1, 0.15) is 0 Å². The van der Waals surface area contributed by atoms with E-state index >= 15 is 0 Å². The van der Waals surface area contributed by atoms with Gasteiger partial charge in [0.05, 0.1) is 0 Å². The summed E-state index contributed by atoms with van der Waals surface area (Å²) in [6, 6.07) is 0. The number of hydrogen-bond acceptors (Lipinski definition) is 3. The van der Waals surface area contributed by atoms with Crippen molar-refractivity contribution in [1.82, 2.24) is 4.68 Å². The van der Waals surface area contributed by atoms with Gasteiger partial charge < -0.3 is 5.84 Å². The molecule has 1 aromatic heterocycles. The molecule has 0 aliphatic rings. The van der Waals surface area contributed by atoms with E-state index in [1.165, 1.54) is 0 Å². The SMILES string of the molecule is Nn1c(=O)c1=O. The predicted molar refractivity (Wildman–Crippen MR) is 19.5 cm³/mol. The van der Waals surface area contributed by atoms with Crippen molar-refractivity contribution >= 4 is 0 Å². The van der Waals surface area contributed by atoms with Crippen molar-refractivity contribution < 1.29 is 0 Å². The van der Waals surface area contributed by atoms with Gasteiger partial charge in [-0.05, 0) is 0 Å². The average molecular weight is 86.0 g/mol. The van der Waals surface area contributed by atoms with Crippen LogP contribution < -0.4 is 17.0 Å². The molecule has 0 saturated heterocycles. The Morgan fingerprint density at radius 1 is 1.33 bits per heavy atom. The highest BCUT2D eigenvalue weighted by Crippen LogP contribution is 1.41. The number of nitrogens with two attached hydrogens (primary N) is 1. The van der Waals surface area contributed by atoms with E-state index in [0.717, 1.165) is 0 Å². The number of nitrogens with zero attached hydrogens (tertiary/aromatic N) is 1.